The van der Waals surface area contributed by atoms with Gasteiger partial charge in [0.25, 0.3) is 0 Å². The molecule has 0 atom stereocenters. The van der Waals surface area contributed by atoms with Crippen molar-refractivity contribution in [3.8, 4) is 16.9 Å². The molecule has 0 saturated carbocycles. The van der Waals surface area contributed by atoms with Gasteiger partial charge in [0, 0.05) is 5.56 Å². The molecule has 0 fully saturated rings. The second-order valence-electron chi connectivity index (χ2n) is 5.21. The number of rotatable bonds is 4. The zero-order valence-electron chi connectivity index (χ0n) is 12.8. The number of carboxylic acids is 1. The van der Waals surface area contributed by atoms with Crippen molar-refractivity contribution >= 4 is 17.6 Å². The minimum atomic E-state index is -1.05. The molecule has 122 valence electrons. The Kier molecular flexibility index (Phi) is 4.36. The quantitative estimate of drug-likeness (QED) is 0.753. The van der Waals surface area contributed by atoms with E-state index in [9.17, 15) is 14.3 Å². The Morgan fingerprint density at radius 3 is 2.54 bits per heavy atom. The predicted octanol–water partition coefficient (Wildman–Crippen LogP) is 4.59. The highest BCUT2D eigenvalue weighted by Crippen LogP contribution is 2.30. The van der Waals surface area contributed by atoms with E-state index in [-0.39, 0.29) is 10.6 Å². The maximum atomic E-state index is 13.5. The van der Waals surface area contributed by atoms with Crippen LogP contribution in [-0.4, -0.2) is 20.9 Å². The van der Waals surface area contributed by atoms with Crippen LogP contribution in [-0.2, 0) is 6.42 Å². The summed E-state index contributed by atoms with van der Waals surface area (Å²) in [5.41, 5.74) is 2.26. The molecule has 3 rings (SSSR count). The Labute approximate surface area is 143 Å². The highest BCUT2D eigenvalue weighted by Gasteiger charge is 2.24. The highest BCUT2D eigenvalue weighted by molar-refractivity contribution is 6.30. The maximum absolute atomic E-state index is 13.5. The smallest absolute Gasteiger partial charge is 0.339 e. The lowest BCUT2D eigenvalue weighted by atomic mass is 10.0. The maximum Gasteiger partial charge on any atom is 0.339 e. The monoisotopic (exact) mass is 344 g/mol. The highest BCUT2D eigenvalue weighted by atomic mass is 35.5. The van der Waals surface area contributed by atoms with Crippen molar-refractivity contribution < 1.29 is 14.3 Å². The lowest BCUT2D eigenvalue weighted by Gasteiger charge is -2.09. The third-order valence-electron chi connectivity index (χ3n) is 3.70. The van der Waals surface area contributed by atoms with Gasteiger partial charge in [0.15, 0.2) is 0 Å². The van der Waals surface area contributed by atoms with Gasteiger partial charge in [0.2, 0.25) is 0 Å². The van der Waals surface area contributed by atoms with Crippen LogP contribution < -0.4 is 0 Å². The molecule has 0 unspecified atom stereocenters. The van der Waals surface area contributed by atoms with Crippen molar-refractivity contribution in [3.05, 3.63) is 70.6 Å². The largest absolute Gasteiger partial charge is 0.478 e. The van der Waals surface area contributed by atoms with E-state index in [1.807, 2.05) is 37.3 Å². The van der Waals surface area contributed by atoms with Crippen LogP contribution in [0.4, 0.5) is 4.39 Å². The Bertz CT molecular complexity index is 907. The zero-order valence-corrected chi connectivity index (χ0v) is 13.6. The molecule has 6 heteroatoms. The van der Waals surface area contributed by atoms with Crippen LogP contribution in [0, 0.1) is 5.82 Å². The fourth-order valence-corrected chi connectivity index (χ4v) is 2.78. The molecule has 24 heavy (non-hydrogen) atoms. The minimum Gasteiger partial charge on any atom is -0.478 e. The van der Waals surface area contributed by atoms with Crippen LogP contribution in [0.15, 0.2) is 48.5 Å². The summed E-state index contributed by atoms with van der Waals surface area (Å²) >= 11 is 5.87. The normalized spacial score (nSPS) is 10.8. The molecule has 1 aromatic heterocycles. The molecule has 3 aromatic rings. The summed E-state index contributed by atoms with van der Waals surface area (Å²) in [6.07, 6.45) is 0.462. The van der Waals surface area contributed by atoms with Crippen LogP contribution in [0.25, 0.3) is 16.9 Å². The molecule has 0 aliphatic heterocycles. The van der Waals surface area contributed by atoms with E-state index in [0.717, 1.165) is 0 Å². The topological polar surface area (TPSA) is 55.1 Å². The van der Waals surface area contributed by atoms with Crippen LogP contribution in [0.3, 0.4) is 0 Å². The number of carbonyl (C=O) groups is 1. The fraction of sp³-hybridized carbons (Fsp3) is 0.111. The van der Waals surface area contributed by atoms with Gasteiger partial charge in [-0.25, -0.2) is 13.9 Å². The Hall–Kier alpha value is -2.66. The van der Waals surface area contributed by atoms with Gasteiger partial charge in [-0.1, -0.05) is 48.9 Å². The number of aromatic nitrogens is 2. The number of hydrogen-bond acceptors (Lipinski definition) is 2. The summed E-state index contributed by atoms with van der Waals surface area (Å²) in [6.45, 7) is 1.84. The van der Waals surface area contributed by atoms with Crippen LogP contribution in [0.5, 0.6) is 0 Å². The third kappa shape index (κ3) is 2.78. The molecule has 0 spiro atoms. The average Bonchev–Trinajstić information content (AvgIpc) is 2.98. The molecule has 0 aliphatic rings. The summed E-state index contributed by atoms with van der Waals surface area (Å²) < 4.78 is 15.0. The number of halogens is 2. The molecular formula is C18H14ClFN2O2. The first-order valence-electron chi connectivity index (χ1n) is 7.39. The number of aryl methyl sites for hydroxylation is 1. The van der Waals surface area contributed by atoms with Crippen molar-refractivity contribution in [3.63, 3.8) is 0 Å². The predicted molar refractivity (Wildman–Crippen MR) is 90.3 cm³/mol. The van der Waals surface area contributed by atoms with Crippen LogP contribution in [0.2, 0.25) is 5.02 Å². The number of nitrogens with zero attached hydrogens (tertiary/aromatic N) is 2. The van der Waals surface area contributed by atoms with Gasteiger partial charge in [-0.05, 0) is 24.6 Å². The zero-order chi connectivity index (χ0) is 17.3. The van der Waals surface area contributed by atoms with Gasteiger partial charge >= 0.3 is 5.97 Å². The first-order valence-corrected chi connectivity index (χ1v) is 7.76. The lowest BCUT2D eigenvalue weighted by Crippen LogP contribution is -2.03. The second-order valence-corrected chi connectivity index (χ2v) is 5.61. The van der Waals surface area contributed by atoms with Gasteiger partial charge in [-0.2, -0.15) is 5.10 Å². The first kappa shape index (κ1) is 16.2. The van der Waals surface area contributed by atoms with Gasteiger partial charge in [-0.3, -0.25) is 0 Å². The van der Waals surface area contributed by atoms with E-state index < -0.39 is 11.8 Å². The van der Waals surface area contributed by atoms with E-state index in [1.54, 1.807) is 0 Å². The fourth-order valence-electron chi connectivity index (χ4n) is 2.60. The van der Waals surface area contributed by atoms with E-state index in [4.69, 9.17) is 11.6 Å². The Morgan fingerprint density at radius 1 is 1.25 bits per heavy atom. The van der Waals surface area contributed by atoms with Crippen LogP contribution >= 0.6 is 11.6 Å². The van der Waals surface area contributed by atoms with Crippen molar-refractivity contribution in [2.45, 2.75) is 13.3 Å². The summed E-state index contributed by atoms with van der Waals surface area (Å²) in [7, 11) is 0. The SMILES string of the molecule is CCc1nn(-c2ccc(F)c(Cl)c2)c(-c2ccccc2)c1C(=O)O. The molecule has 2 aromatic carbocycles. The number of hydrogen-bond donors (Lipinski definition) is 1. The number of benzene rings is 2. The first-order chi connectivity index (χ1) is 11.5. The third-order valence-corrected chi connectivity index (χ3v) is 3.99. The van der Waals surface area contributed by atoms with E-state index in [2.05, 4.69) is 5.10 Å². The Morgan fingerprint density at radius 2 is 1.96 bits per heavy atom. The molecular weight excluding hydrogens is 331 g/mol. The van der Waals surface area contributed by atoms with Gasteiger partial charge in [0.1, 0.15) is 11.4 Å². The standard InChI is InChI=1S/C18H14ClFN2O2/c1-2-15-16(18(23)24)17(11-6-4-3-5-7-11)22(21-15)12-8-9-14(20)13(19)10-12/h3-10H,2H2,1H3,(H,23,24). The molecule has 0 bridgehead atoms. The molecule has 0 saturated heterocycles. The van der Waals surface area contributed by atoms with Crippen molar-refractivity contribution in [1.29, 1.82) is 0 Å². The average molecular weight is 345 g/mol. The minimum absolute atomic E-state index is 0.0445. The summed E-state index contributed by atoms with van der Waals surface area (Å²) in [5, 5.41) is 14.0. The van der Waals surface area contributed by atoms with Crippen molar-refractivity contribution in [2.24, 2.45) is 0 Å². The van der Waals surface area contributed by atoms with E-state index in [1.165, 1.54) is 22.9 Å². The lowest BCUT2D eigenvalue weighted by molar-refractivity contribution is 0.0696. The van der Waals surface area contributed by atoms with Crippen LogP contribution in [0.1, 0.15) is 23.0 Å². The molecule has 0 amide bonds. The second kappa shape index (κ2) is 6.45. The summed E-state index contributed by atoms with van der Waals surface area (Å²) in [6, 6.07) is 13.3. The number of carboxylic acid groups (broad SMARTS) is 1. The van der Waals surface area contributed by atoms with Gasteiger partial charge < -0.3 is 5.11 Å². The molecule has 4 nitrogen and oxygen atoms in total. The summed E-state index contributed by atoms with van der Waals surface area (Å²) in [4.78, 5) is 11.8. The molecule has 0 radical (unpaired) electrons. The molecule has 1 heterocycles. The summed E-state index contributed by atoms with van der Waals surface area (Å²) in [5.74, 6) is -1.59. The molecule has 0 aliphatic carbocycles. The van der Waals surface area contributed by atoms with Gasteiger partial charge in [-0.15, -0.1) is 0 Å². The van der Waals surface area contributed by atoms with E-state index >= 15 is 0 Å². The van der Waals surface area contributed by atoms with Crippen molar-refractivity contribution in [1.82, 2.24) is 9.78 Å². The number of aromatic carboxylic acids is 1. The van der Waals surface area contributed by atoms with E-state index in [0.29, 0.717) is 29.1 Å². The van der Waals surface area contributed by atoms with Crippen molar-refractivity contribution in [2.75, 3.05) is 0 Å². The Balaban J connectivity index is 2.33. The van der Waals surface area contributed by atoms with Gasteiger partial charge in [0.05, 0.1) is 22.1 Å². The molecule has 1 N–H and O–H groups in total.